The van der Waals surface area contributed by atoms with E-state index in [0.717, 1.165) is 64.6 Å². The number of hydrogen-bond acceptors (Lipinski definition) is 4. The maximum atomic E-state index is 6.00. The Morgan fingerprint density at radius 3 is 2.44 bits per heavy atom. The van der Waals surface area contributed by atoms with Crippen LogP contribution in [0.5, 0.6) is 0 Å². The molecule has 0 bridgehead atoms. The van der Waals surface area contributed by atoms with Crippen LogP contribution in [0.3, 0.4) is 0 Å². The molecule has 1 aliphatic rings. The van der Waals surface area contributed by atoms with E-state index in [1.807, 2.05) is 7.05 Å². The SMILES string of the molecule is CCN(CCCNC(=NC)NCc1ccc(COC2CCOCC2)cc1)c1ccccc1. The van der Waals surface area contributed by atoms with Crippen LogP contribution in [-0.2, 0) is 22.6 Å². The molecule has 3 rings (SSSR count). The fourth-order valence-electron chi connectivity index (χ4n) is 3.80. The second-order valence-electron chi connectivity index (χ2n) is 8.06. The van der Waals surface area contributed by atoms with E-state index in [4.69, 9.17) is 9.47 Å². The number of hydrogen-bond donors (Lipinski definition) is 2. The Kier molecular flexibility index (Phi) is 10.4. The molecular formula is C26H38N4O2. The first-order valence-electron chi connectivity index (χ1n) is 11.8. The lowest BCUT2D eigenvalue weighted by Gasteiger charge is -2.23. The fourth-order valence-corrected chi connectivity index (χ4v) is 3.80. The van der Waals surface area contributed by atoms with Crippen LogP contribution in [0.15, 0.2) is 59.6 Å². The molecule has 0 aliphatic carbocycles. The molecule has 0 aromatic heterocycles. The number of nitrogens with zero attached hydrogens (tertiary/aromatic N) is 2. The summed E-state index contributed by atoms with van der Waals surface area (Å²) in [6.07, 6.45) is 3.37. The number of rotatable bonds is 11. The molecule has 0 amide bonds. The van der Waals surface area contributed by atoms with Gasteiger partial charge in [-0.05, 0) is 49.4 Å². The van der Waals surface area contributed by atoms with Gasteiger partial charge in [0, 0.05) is 52.1 Å². The Hall–Kier alpha value is -2.57. The molecule has 2 aromatic carbocycles. The molecule has 6 heteroatoms. The number of guanidine groups is 1. The van der Waals surface area contributed by atoms with Crippen molar-refractivity contribution in [2.45, 2.75) is 45.4 Å². The van der Waals surface area contributed by atoms with E-state index < -0.39 is 0 Å². The molecule has 1 saturated heterocycles. The molecule has 1 heterocycles. The molecule has 2 N–H and O–H groups in total. The van der Waals surface area contributed by atoms with E-state index >= 15 is 0 Å². The summed E-state index contributed by atoms with van der Waals surface area (Å²) in [5.41, 5.74) is 3.71. The standard InChI is InChI=1S/C26H38N4O2/c1-3-30(24-8-5-4-6-9-24)17-7-16-28-26(27-2)29-20-22-10-12-23(13-11-22)21-32-25-14-18-31-19-15-25/h4-6,8-13,25H,3,7,14-21H2,1-2H3,(H2,27,28,29). The Bertz CT molecular complexity index is 789. The Balaban J connectivity index is 1.34. The molecule has 0 radical (unpaired) electrons. The number of para-hydroxylation sites is 1. The highest BCUT2D eigenvalue weighted by molar-refractivity contribution is 5.79. The third-order valence-electron chi connectivity index (χ3n) is 5.76. The van der Waals surface area contributed by atoms with Crippen LogP contribution in [0.25, 0.3) is 0 Å². The van der Waals surface area contributed by atoms with Gasteiger partial charge >= 0.3 is 0 Å². The first kappa shape index (κ1) is 24.1. The second-order valence-corrected chi connectivity index (χ2v) is 8.06. The molecule has 2 aromatic rings. The molecule has 1 fully saturated rings. The van der Waals surface area contributed by atoms with Gasteiger partial charge in [-0.3, -0.25) is 4.99 Å². The van der Waals surface area contributed by atoms with E-state index in [-0.39, 0.29) is 0 Å². The van der Waals surface area contributed by atoms with Crippen LogP contribution in [0.4, 0.5) is 5.69 Å². The highest BCUT2D eigenvalue weighted by Gasteiger charge is 2.13. The lowest BCUT2D eigenvalue weighted by Crippen LogP contribution is -2.38. The van der Waals surface area contributed by atoms with Crippen molar-refractivity contribution in [1.29, 1.82) is 0 Å². The van der Waals surface area contributed by atoms with Gasteiger partial charge < -0.3 is 25.0 Å². The zero-order chi connectivity index (χ0) is 22.4. The average molecular weight is 439 g/mol. The maximum absolute atomic E-state index is 6.00. The second kappa shape index (κ2) is 13.8. The first-order valence-corrected chi connectivity index (χ1v) is 11.8. The molecule has 0 atom stereocenters. The number of ether oxygens (including phenoxy) is 2. The number of anilines is 1. The molecular weight excluding hydrogens is 400 g/mol. The monoisotopic (exact) mass is 438 g/mol. The van der Waals surface area contributed by atoms with Gasteiger partial charge in [-0.1, -0.05) is 42.5 Å². The first-order chi connectivity index (χ1) is 15.8. The van der Waals surface area contributed by atoms with Gasteiger partial charge in [0.05, 0.1) is 12.7 Å². The summed E-state index contributed by atoms with van der Waals surface area (Å²) >= 11 is 0. The summed E-state index contributed by atoms with van der Waals surface area (Å²) in [5, 5.41) is 6.82. The van der Waals surface area contributed by atoms with Crippen molar-refractivity contribution < 1.29 is 9.47 Å². The lowest BCUT2D eigenvalue weighted by molar-refractivity contribution is -0.0390. The summed E-state index contributed by atoms with van der Waals surface area (Å²) in [6.45, 7) is 8.14. The van der Waals surface area contributed by atoms with E-state index in [0.29, 0.717) is 12.7 Å². The molecule has 0 spiro atoms. The molecule has 174 valence electrons. The van der Waals surface area contributed by atoms with Crippen LogP contribution in [0.1, 0.15) is 37.3 Å². The average Bonchev–Trinajstić information content (AvgIpc) is 2.86. The van der Waals surface area contributed by atoms with Gasteiger partial charge in [0.15, 0.2) is 5.96 Å². The van der Waals surface area contributed by atoms with Crippen molar-refractivity contribution in [3.8, 4) is 0 Å². The lowest BCUT2D eigenvalue weighted by atomic mass is 10.1. The third-order valence-corrected chi connectivity index (χ3v) is 5.76. The van der Waals surface area contributed by atoms with Gasteiger partial charge in [0.25, 0.3) is 0 Å². The predicted octanol–water partition coefficient (Wildman–Crippen LogP) is 3.96. The zero-order valence-electron chi connectivity index (χ0n) is 19.6. The minimum absolute atomic E-state index is 0.330. The van der Waals surface area contributed by atoms with Crippen molar-refractivity contribution in [3.05, 3.63) is 65.7 Å². The molecule has 0 saturated carbocycles. The highest BCUT2D eigenvalue weighted by atomic mass is 16.5. The van der Waals surface area contributed by atoms with Gasteiger partial charge in [-0.25, -0.2) is 0 Å². The van der Waals surface area contributed by atoms with Crippen LogP contribution in [-0.4, -0.2) is 52.0 Å². The highest BCUT2D eigenvalue weighted by Crippen LogP contribution is 2.14. The minimum Gasteiger partial charge on any atom is -0.381 e. The van der Waals surface area contributed by atoms with Crippen molar-refractivity contribution in [2.75, 3.05) is 44.8 Å². The van der Waals surface area contributed by atoms with Crippen LogP contribution in [0.2, 0.25) is 0 Å². The molecule has 0 unspecified atom stereocenters. The van der Waals surface area contributed by atoms with Crippen LogP contribution < -0.4 is 15.5 Å². The van der Waals surface area contributed by atoms with Gasteiger partial charge in [-0.2, -0.15) is 0 Å². The normalized spacial score (nSPS) is 14.9. The molecule has 1 aliphatic heterocycles. The minimum atomic E-state index is 0.330. The van der Waals surface area contributed by atoms with Crippen molar-refractivity contribution in [1.82, 2.24) is 10.6 Å². The summed E-state index contributed by atoms with van der Waals surface area (Å²) in [6, 6.07) is 19.2. The summed E-state index contributed by atoms with van der Waals surface area (Å²) in [5.74, 6) is 0.833. The quantitative estimate of drug-likeness (QED) is 0.316. The summed E-state index contributed by atoms with van der Waals surface area (Å²) in [4.78, 5) is 6.74. The maximum Gasteiger partial charge on any atom is 0.191 e. The molecule has 32 heavy (non-hydrogen) atoms. The Labute approximate surface area is 193 Å². The smallest absolute Gasteiger partial charge is 0.191 e. The number of benzene rings is 2. The van der Waals surface area contributed by atoms with Crippen LogP contribution in [0, 0.1) is 0 Å². The van der Waals surface area contributed by atoms with Crippen LogP contribution >= 0.6 is 0 Å². The summed E-state index contributed by atoms with van der Waals surface area (Å²) in [7, 11) is 1.81. The fraction of sp³-hybridized carbons (Fsp3) is 0.500. The van der Waals surface area contributed by atoms with E-state index in [2.05, 4.69) is 82.0 Å². The van der Waals surface area contributed by atoms with Crippen molar-refractivity contribution >= 4 is 11.6 Å². The number of nitrogens with one attached hydrogen (secondary N) is 2. The zero-order valence-corrected chi connectivity index (χ0v) is 19.6. The predicted molar refractivity (Wildman–Crippen MR) is 132 cm³/mol. The van der Waals surface area contributed by atoms with Gasteiger partial charge in [-0.15, -0.1) is 0 Å². The van der Waals surface area contributed by atoms with Crippen molar-refractivity contribution in [3.63, 3.8) is 0 Å². The largest absolute Gasteiger partial charge is 0.381 e. The molecule has 6 nitrogen and oxygen atoms in total. The van der Waals surface area contributed by atoms with E-state index in [9.17, 15) is 0 Å². The van der Waals surface area contributed by atoms with E-state index in [1.165, 1.54) is 16.8 Å². The Morgan fingerprint density at radius 1 is 1.03 bits per heavy atom. The van der Waals surface area contributed by atoms with E-state index in [1.54, 1.807) is 0 Å². The third kappa shape index (κ3) is 8.17. The Morgan fingerprint density at radius 2 is 1.75 bits per heavy atom. The van der Waals surface area contributed by atoms with Crippen molar-refractivity contribution in [2.24, 2.45) is 4.99 Å². The van der Waals surface area contributed by atoms with Gasteiger partial charge in [0.2, 0.25) is 0 Å². The topological polar surface area (TPSA) is 58.1 Å². The summed E-state index contributed by atoms with van der Waals surface area (Å²) < 4.78 is 11.4. The van der Waals surface area contributed by atoms with Gasteiger partial charge in [0.1, 0.15) is 0 Å². The number of aliphatic imine (C=N–C) groups is 1.